The van der Waals surface area contributed by atoms with Crippen LogP contribution >= 0.6 is 0 Å². The molecule has 10 aromatic carbocycles. The fourth-order valence-electron chi connectivity index (χ4n) is 11.3. The Morgan fingerprint density at radius 2 is 0.735 bits per heavy atom. The molecule has 12 aromatic rings. The van der Waals surface area contributed by atoms with E-state index in [0.29, 0.717) is 17.5 Å². The first-order chi connectivity index (χ1) is 33.7. The highest BCUT2D eigenvalue weighted by Gasteiger charge is 2.50. The number of rotatable bonds is 6. The average Bonchev–Trinajstić information content (AvgIpc) is 3.92. The molecular weight excluding hydrogens is 825 g/mol. The predicted octanol–water partition coefficient (Wildman–Crippen LogP) is 15.6. The molecule has 4 heteroatoms. The number of aromatic nitrogens is 4. The maximum absolute atomic E-state index is 5.24. The van der Waals surface area contributed by atoms with Gasteiger partial charge < -0.3 is 4.57 Å². The zero-order valence-electron chi connectivity index (χ0n) is 36.9. The number of hydrogen-bond donors (Lipinski definition) is 0. The van der Waals surface area contributed by atoms with Crippen molar-refractivity contribution in [2.45, 2.75) is 5.41 Å². The van der Waals surface area contributed by atoms with Crippen LogP contribution in [0.1, 0.15) is 22.3 Å². The Hall–Kier alpha value is -8.99. The van der Waals surface area contributed by atoms with Crippen molar-refractivity contribution < 1.29 is 0 Å². The van der Waals surface area contributed by atoms with Gasteiger partial charge >= 0.3 is 0 Å². The molecule has 316 valence electrons. The minimum atomic E-state index is -0.536. The number of benzene rings is 10. The maximum Gasteiger partial charge on any atom is 0.164 e. The average molecular weight is 865 g/mol. The van der Waals surface area contributed by atoms with Crippen LogP contribution in [-0.4, -0.2) is 19.5 Å². The highest BCUT2D eigenvalue weighted by Crippen LogP contribution is 2.61. The van der Waals surface area contributed by atoms with E-state index in [0.717, 1.165) is 38.9 Å². The maximum atomic E-state index is 5.24. The second-order valence-corrected chi connectivity index (χ2v) is 17.9. The van der Waals surface area contributed by atoms with Gasteiger partial charge in [0.2, 0.25) is 0 Å². The summed E-state index contributed by atoms with van der Waals surface area (Å²) in [6.45, 7) is 0. The molecule has 0 saturated heterocycles. The molecule has 0 radical (unpaired) electrons. The van der Waals surface area contributed by atoms with Crippen molar-refractivity contribution >= 4 is 21.8 Å². The van der Waals surface area contributed by atoms with Crippen molar-refractivity contribution in [2.24, 2.45) is 0 Å². The monoisotopic (exact) mass is 864 g/mol. The summed E-state index contributed by atoms with van der Waals surface area (Å²) in [6, 6.07) is 87.6. The molecule has 1 unspecified atom stereocenters. The quantitative estimate of drug-likeness (QED) is 0.167. The third-order valence-electron chi connectivity index (χ3n) is 14.3. The summed E-state index contributed by atoms with van der Waals surface area (Å²) in [5.74, 6) is 1.88. The van der Waals surface area contributed by atoms with E-state index in [1.54, 1.807) is 0 Å². The van der Waals surface area contributed by atoms with Crippen LogP contribution in [0.2, 0.25) is 0 Å². The summed E-state index contributed by atoms with van der Waals surface area (Å²) in [5, 5.41) is 2.55. The largest absolute Gasteiger partial charge is 0.309 e. The van der Waals surface area contributed by atoms with Crippen LogP contribution in [0.25, 0.3) is 106 Å². The molecular formula is C64H40N4. The standard InChI is InChI=1S/C64H40N4/c1-3-16-41(17-4-1)42-32-34-43(35-33-42)45-20-13-22-48(38-45)62-65-61(44-18-5-2-6-19-44)66-63(67-62)49-23-14-21-46(39-49)47-36-37-51-50-24-7-9-27-54(50)64(57(51)40-47)55-28-10-12-31-59(55)68-58-30-11-8-25-52(58)53-26-15-29-56(64)60(53)68/h1-40H. The van der Waals surface area contributed by atoms with Gasteiger partial charge in [-0.25, -0.2) is 15.0 Å². The van der Waals surface area contributed by atoms with Crippen LogP contribution in [-0.2, 0) is 5.41 Å². The first kappa shape index (κ1) is 38.3. The SMILES string of the molecule is c1ccc(-c2ccc(-c3cccc(-c4nc(-c5ccccc5)nc(-c5cccc(-c6ccc7c(c6)C6(c8ccccc8-7)c7ccccc7-n7c8ccccc8c8cccc6c87)c5)n4)c3)cc2)cc1. The summed E-state index contributed by atoms with van der Waals surface area (Å²) in [5.41, 5.74) is 20.6. The van der Waals surface area contributed by atoms with Crippen LogP contribution in [0, 0.1) is 0 Å². The summed E-state index contributed by atoms with van der Waals surface area (Å²) in [6.07, 6.45) is 0. The molecule has 3 heterocycles. The van der Waals surface area contributed by atoms with E-state index in [-0.39, 0.29) is 0 Å². The van der Waals surface area contributed by atoms with Gasteiger partial charge in [0.05, 0.1) is 22.1 Å². The lowest BCUT2D eigenvalue weighted by Gasteiger charge is -2.39. The van der Waals surface area contributed by atoms with Gasteiger partial charge in [0.1, 0.15) is 0 Å². The lowest BCUT2D eigenvalue weighted by molar-refractivity contribution is 0.749. The van der Waals surface area contributed by atoms with Crippen LogP contribution in [0.15, 0.2) is 243 Å². The van der Waals surface area contributed by atoms with Gasteiger partial charge in [-0.05, 0) is 97.1 Å². The molecule has 0 bridgehead atoms. The Morgan fingerprint density at radius 3 is 1.47 bits per heavy atom. The van der Waals surface area contributed by atoms with Gasteiger partial charge in [0.25, 0.3) is 0 Å². The Balaban J connectivity index is 0.910. The first-order valence-electron chi connectivity index (χ1n) is 23.3. The molecule has 0 fully saturated rings. The minimum Gasteiger partial charge on any atom is -0.309 e. The van der Waals surface area contributed by atoms with Crippen molar-refractivity contribution in [3.8, 4) is 84.4 Å². The van der Waals surface area contributed by atoms with Crippen LogP contribution < -0.4 is 0 Å². The van der Waals surface area contributed by atoms with E-state index >= 15 is 0 Å². The van der Waals surface area contributed by atoms with Crippen LogP contribution in [0.5, 0.6) is 0 Å². The highest BCUT2D eigenvalue weighted by molar-refractivity contribution is 6.13. The van der Waals surface area contributed by atoms with Crippen molar-refractivity contribution in [2.75, 3.05) is 0 Å². The zero-order valence-corrected chi connectivity index (χ0v) is 36.9. The Labute approximate surface area is 394 Å². The Bertz CT molecular complexity index is 3960. The highest BCUT2D eigenvalue weighted by atomic mass is 15.0. The topological polar surface area (TPSA) is 43.6 Å². The molecule has 14 rings (SSSR count). The van der Waals surface area contributed by atoms with E-state index in [2.05, 4.69) is 223 Å². The third kappa shape index (κ3) is 5.71. The number of hydrogen-bond acceptors (Lipinski definition) is 3. The fourth-order valence-corrected chi connectivity index (χ4v) is 11.3. The molecule has 68 heavy (non-hydrogen) atoms. The molecule has 1 atom stereocenters. The number of nitrogens with zero attached hydrogens (tertiary/aromatic N) is 4. The summed E-state index contributed by atoms with van der Waals surface area (Å²) in [4.78, 5) is 15.5. The summed E-state index contributed by atoms with van der Waals surface area (Å²) >= 11 is 0. The van der Waals surface area contributed by atoms with Crippen molar-refractivity contribution in [3.05, 3.63) is 265 Å². The molecule has 1 aliphatic heterocycles. The lowest BCUT2D eigenvalue weighted by Crippen LogP contribution is -2.33. The van der Waals surface area contributed by atoms with Crippen molar-refractivity contribution in [3.63, 3.8) is 0 Å². The first-order valence-corrected chi connectivity index (χ1v) is 23.3. The van der Waals surface area contributed by atoms with E-state index in [4.69, 9.17) is 15.0 Å². The second kappa shape index (κ2) is 15.0. The van der Waals surface area contributed by atoms with Crippen molar-refractivity contribution in [1.82, 2.24) is 19.5 Å². The third-order valence-corrected chi connectivity index (χ3v) is 14.3. The van der Waals surface area contributed by atoms with E-state index in [9.17, 15) is 0 Å². The van der Waals surface area contributed by atoms with Gasteiger partial charge in [-0.2, -0.15) is 0 Å². The lowest BCUT2D eigenvalue weighted by atomic mass is 9.65. The van der Waals surface area contributed by atoms with E-state index < -0.39 is 5.41 Å². The molecule has 1 aliphatic carbocycles. The minimum absolute atomic E-state index is 0.536. The smallest absolute Gasteiger partial charge is 0.164 e. The van der Waals surface area contributed by atoms with Crippen LogP contribution in [0.3, 0.4) is 0 Å². The molecule has 4 nitrogen and oxygen atoms in total. The second-order valence-electron chi connectivity index (χ2n) is 17.9. The molecule has 2 aliphatic rings. The van der Waals surface area contributed by atoms with Gasteiger partial charge in [0, 0.05) is 27.5 Å². The van der Waals surface area contributed by atoms with E-state index in [1.165, 1.54) is 72.0 Å². The normalized spacial score (nSPS) is 14.2. The van der Waals surface area contributed by atoms with Gasteiger partial charge in [-0.1, -0.05) is 212 Å². The molecule has 1 spiro atoms. The fraction of sp³-hybridized carbons (Fsp3) is 0.0156. The van der Waals surface area contributed by atoms with Gasteiger partial charge in [-0.3, -0.25) is 0 Å². The predicted molar refractivity (Wildman–Crippen MR) is 278 cm³/mol. The molecule has 2 aromatic heterocycles. The molecule has 0 N–H and O–H groups in total. The molecule has 0 saturated carbocycles. The molecule has 0 amide bonds. The Morgan fingerprint density at radius 1 is 0.279 bits per heavy atom. The number of para-hydroxylation sites is 3. The van der Waals surface area contributed by atoms with Gasteiger partial charge in [0.15, 0.2) is 17.5 Å². The zero-order chi connectivity index (χ0) is 44.8. The van der Waals surface area contributed by atoms with Gasteiger partial charge in [-0.15, -0.1) is 0 Å². The Kier molecular flexibility index (Phi) is 8.46. The summed E-state index contributed by atoms with van der Waals surface area (Å²) in [7, 11) is 0. The summed E-state index contributed by atoms with van der Waals surface area (Å²) < 4.78 is 2.50. The van der Waals surface area contributed by atoms with Crippen LogP contribution in [0.4, 0.5) is 0 Å². The number of fused-ring (bicyclic) bond motifs is 12. The van der Waals surface area contributed by atoms with E-state index in [1.807, 2.05) is 24.3 Å². The van der Waals surface area contributed by atoms with Crippen molar-refractivity contribution in [1.29, 1.82) is 0 Å².